The number of thiophene rings is 1. The number of hydrogen-bond donors (Lipinski definition) is 0. The number of aromatic nitrogens is 3. The minimum absolute atomic E-state index is 0.127. The molecule has 26 heavy (non-hydrogen) atoms. The van der Waals surface area contributed by atoms with Gasteiger partial charge in [-0.1, -0.05) is 30.0 Å². The third-order valence-corrected chi connectivity index (χ3v) is 6.06. The van der Waals surface area contributed by atoms with E-state index < -0.39 is 6.23 Å². The SMILES string of the molecule is CSc1nnc2c(n1)O[C@@H](c1ccc(Br)s1)N(C(C)=O)c1ccccc1-2. The minimum Gasteiger partial charge on any atom is -0.446 e. The molecule has 0 aliphatic carbocycles. The van der Waals surface area contributed by atoms with E-state index in [4.69, 9.17) is 4.74 Å². The number of para-hydroxylation sites is 1. The Morgan fingerprint density at radius 3 is 2.77 bits per heavy atom. The molecule has 2 aromatic heterocycles. The Morgan fingerprint density at radius 2 is 2.08 bits per heavy atom. The van der Waals surface area contributed by atoms with Gasteiger partial charge in [0.2, 0.25) is 23.2 Å². The number of amides is 1. The summed E-state index contributed by atoms with van der Waals surface area (Å²) in [5.41, 5.74) is 2.02. The molecule has 0 N–H and O–H groups in total. The van der Waals surface area contributed by atoms with Crippen molar-refractivity contribution in [3.8, 4) is 17.1 Å². The van der Waals surface area contributed by atoms with Gasteiger partial charge >= 0.3 is 0 Å². The highest BCUT2D eigenvalue weighted by molar-refractivity contribution is 9.11. The van der Waals surface area contributed by atoms with Crippen molar-refractivity contribution < 1.29 is 9.53 Å². The van der Waals surface area contributed by atoms with Gasteiger partial charge in [0.05, 0.1) is 14.4 Å². The first kappa shape index (κ1) is 17.4. The highest BCUT2D eigenvalue weighted by atomic mass is 79.9. The van der Waals surface area contributed by atoms with Gasteiger partial charge in [-0.15, -0.1) is 21.5 Å². The molecule has 1 aromatic carbocycles. The van der Waals surface area contributed by atoms with E-state index in [0.717, 1.165) is 19.9 Å². The Hall–Kier alpha value is -1.97. The van der Waals surface area contributed by atoms with Crippen LogP contribution in [0.1, 0.15) is 18.0 Å². The average Bonchev–Trinajstić information content (AvgIpc) is 3.01. The second-order valence-corrected chi connectivity index (χ2v) is 8.74. The quantitative estimate of drug-likeness (QED) is 0.536. The van der Waals surface area contributed by atoms with Crippen molar-refractivity contribution in [3.63, 3.8) is 0 Å². The van der Waals surface area contributed by atoms with E-state index in [0.29, 0.717) is 16.7 Å². The van der Waals surface area contributed by atoms with Gasteiger partial charge in [0.15, 0.2) is 5.69 Å². The second-order valence-electron chi connectivity index (χ2n) is 5.47. The molecule has 3 heterocycles. The molecule has 1 amide bonds. The van der Waals surface area contributed by atoms with Gasteiger partial charge < -0.3 is 4.74 Å². The van der Waals surface area contributed by atoms with Gasteiger partial charge in [-0.25, -0.2) is 0 Å². The van der Waals surface area contributed by atoms with E-state index in [1.165, 1.54) is 30.0 Å². The smallest absolute Gasteiger partial charge is 0.247 e. The maximum Gasteiger partial charge on any atom is 0.247 e. The van der Waals surface area contributed by atoms with Gasteiger partial charge in [0.1, 0.15) is 0 Å². The summed E-state index contributed by atoms with van der Waals surface area (Å²) >= 11 is 6.38. The van der Waals surface area contributed by atoms with E-state index >= 15 is 0 Å². The molecule has 3 aromatic rings. The molecule has 0 fully saturated rings. The highest BCUT2D eigenvalue weighted by Gasteiger charge is 2.35. The number of nitrogens with zero attached hydrogens (tertiary/aromatic N) is 4. The second kappa shape index (κ2) is 6.98. The van der Waals surface area contributed by atoms with E-state index in [2.05, 4.69) is 31.1 Å². The van der Waals surface area contributed by atoms with Gasteiger partial charge in [-0.3, -0.25) is 9.69 Å². The first-order valence-corrected chi connectivity index (χ1v) is 10.5. The summed E-state index contributed by atoms with van der Waals surface area (Å²) in [7, 11) is 0. The zero-order valence-electron chi connectivity index (χ0n) is 13.8. The maximum absolute atomic E-state index is 12.6. The molecule has 6 nitrogen and oxygen atoms in total. The van der Waals surface area contributed by atoms with Crippen LogP contribution in [-0.4, -0.2) is 27.3 Å². The molecule has 0 saturated carbocycles. The average molecular weight is 449 g/mol. The molecule has 0 spiro atoms. The number of anilines is 1. The van der Waals surface area contributed by atoms with Gasteiger partial charge in [-0.2, -0.15) is 4.98 Å². The van der Waals surface area contributed by atoms with Crippen LogP contribution in [0.15, 0.2) is 45.3 Å². The molecule has 1 atom stereocenters. The highest BCUT2D eigenvalue weighted by Crippen LogP contribution is 2.44. The van der Waals surface area contributed by atoms with Crippen LogP contribution < -0.4 is 9.64 Å². The summed E-state index contributed by atoms with van der Waals surface area (Å²) in [5.74, 6) is 0.243. The van der Waals surface area contributed by atoms with Crippen LogP contribution in [-0.2, 0) is 4.79 Å². The van der Waals surface area contributed by atoms with Gasteiger partial charge in [0.25, 0.3) is 0 Å². The molecular weight excluding hydrogens is 436 g/mol. The fourth-order valence-electron chi connectivity index (χ4n) is 2.79. The number of thioether (sulfide) groups is 1. The van der Waals surface area contributed by atoms with Crippen molar-refractivity contribution in [1.29, 1.82) is 0 Å². The number of fused-ring (bicyclic) bond motifs is 3. The summed E-state index contributed by atoms with van der Waals surface area (Å²) in [6.07, 6.45) is 1.25. The Balaban J connectivity index is 1.97. The molecule has 0 unspecified atom stereocenters. The van der Waals surface area contributed by atoms with E-state index in [1.807, 2.05) is 42.7 Å². The van der Waals surface area contributed by atoms with E-state index in [9.17, 15) is 4.79 Å². The molecule has 0 radical (unpaired) electrons. The van der Waals surface area contributed by atoms with Crippen LogP contribution >= 0.6 is 39.0 Å². The summed E-state index contributed by atoms with van der Waals surface area (Å²) in [6, 6.07) is 11.4. The number of halogens is 1. The molecule has 0 bridgehead atoms. The molecule has 9 heteroatoms. The third kappa shape index (κ3) is 3.00. The Morgan fingerprint density at radius 1 is 1.27 bits per heavy atom. The van der Waals surface area contributed by atoms with E-state index in [1.54, 1.807) is 4.90 Å². The number of benzene rings is 1. The first-order chi connectivity index (χ1) is 12.6. The van der Waals surface area contributed by atoms with Crippen LogP contribution in [0.3, 0.4) is 0 Å². The predicted molar refractivity (Wildman–Crippen MR) is 106 cm³/mol. The summed E-state index contributed by atoms with van der Waals surface area (Å²) < 4.78 is 7.18. The van der Waals surface area contributed by atoms with Crippen LogP contribution in [0.5, 0.6) is 5.88 Å². The van der Waals surface area contributed by atoms with Crippen molar-refractivity contribution in [3.05, 3.63) is 45.1 Å². The lowest BCUT2D eigenvalue weighted by atomic mass is 10.1. The van der Waals surface area contributed by atoms with E-state index in [-0.39, 0.29) is 5.91 Å². The number of hydrogen-bond acceptors (Lipinski definition) is 7. The minimum atomic E-state index is -0.627. The summed E-state index contributed by atoms with van der Waals surface area (Å²) in [5, 5.41) is 8.97. The summed E-state index contributed by atoms with van der Waals surface area (Å²) in [4.78, 5) is 19.6. The Bertz CT molecular complexity index is 994. The maximum atomic E-state index is 12.6. The molecule has 0 saturated heterocycles. The fourth-order valence-corrected chi connectivity index (χ4v) is 4.53. The van der Waals surface area contributed by atoms with Crippen molar-refractivity contribution in [2.24, 2.45) is 0 Å². The van der Waals surface area contributed by atoms with Crippen molar-refractivity contribution in [2.45, 2.75) is 18.3 Å². The predicted octanol–water partition coefficient (Wildman–Crippen LogP) is 4.53. The van der Waals surface area contributed by atoms with Crippen molar-refractivity contribution in [1.82, 2.24) is 15.2 Å². The third-order valence-electron chi connectivity index (χ3n) is 3.87. The van der Waals surface area contributed by atoms with Crippen molar-refractivity contribution >= 4 is 50.6 Å². The molecule has 132 valence electrons. The molecular formula is C17H13BrN4O2S2. The lowest BCUT2D eigenvalue weighted by Crippen LogP contribution is -2.35. The Kier molecular flexibility index (Phi) is 4.68. The number of ether oxygens (including phenoxy) is 1. The molecule has 1 aliphatic rings. The standard InChI is InChI=1S/C17H13BrN4O2S2/c1-9(23)22-11-6-4-3-5-10(11)14-15(19-17(25-2)21-20-14)24-16(22)12-7-8-13(18)26-12/h3-8,16H,1-2H3/t16-/m0/s1. The lowest BCUT2D eigenvalue weighted by molar-refractivity contribution is -0.118. The van der Waals surface area contributed by atoms with Crippen molar-refractivity contribution in [2.75, 3.05) is 11.2 Å². The normalized spacial score (nSPS) is 15.7. The number of rotatable bonds is 2. The monoisotopic (exact) mass is 448 g/mol. The Labute approximate surface area is 166 Å². The summed E-state index contributed by atoms with van der Waals surface area (Å²) in [6.45, 7) is 1.53. The number of carbonyl (C=O) groups is 1. The van der Waals surface area contributed by atoms with Crippen LogP contribution in [0.4, 0.5) is 5.69 Å². The largest absolute Gasteiger partial charge is 0.446 e. The topological polar surface area (TPSA) is 68.2 Å². The zero-order chi connectivity index (χ0) is 18.3. The van der Waals surface area contributed by atoms with Gasteiger partial charge in [-0.05, 0) is 40.4 Å². The molecule has 1 aliphatic heterocycles. The van der Waals surface area contributed by atoms with Crippen LogP contribution in [0, 0.1) is 0 Å². The fraction of sp³-hybridized carbons (Fsp3) is 0.176. The zero-order valence-corrected chi connectivity index (χ0v) is 17.1. The van der Waals surface area contributed by atoms with Crippen LogP contribution in [0.2, 0.25) is 0 Å². The van der Waals surface area contributed by atoms with Crippen LogP contribution in [0.25, 0.3) is 11.3 Å². The number of carbonyl (C=O) groups excluding carboxylic acids is 1. The lowest BCUT2D eigenvalue weighted by Gasteiger charge is -2.28. The molecule has 4 rings (SSSR count). The first-order valence-electron chi connectivity index (χ1n) is 7.68. The van der Waals surface area contributed by atoms with Gasteiger partial charge in [0, 0.05) is 12.5 Å².